The third kappa shape index (κ3) is 1.59. The summed E-state index contributed by atoms with van der Waals surface area (Å²) in [4.78, 5) is 26.3. The fraction of sp³-hybridized carbons (Fsp3) is 0.176. The van der Waals surface area contributed by atoms with Crippen molar-refractivity contribution in [3.05, 3.63) is 70.8 Å². The Morgan fingerprint density at radius 1 is 0.905 bits per heavy atom. The Hall–Kier alpha value is -2.46. The summed E-state index contributed by atoms with van der Waals surface area (Å²) in [5, 5.41) is 10.3. The van der Waals surface area contributed by atoms with Crippen LogP contribution in [0.3, 0.4) is 0 Å². The lowest BCUT2D eigenvalue weighted by molar-refractivity contribution is 0.0382. The molecule has 0 radical (unpaired) electrons. The Balaban J connectivity index is 1.83. The van der Waals surface area contributed by atoms with E-state index < -0.39 is 12.1 Å². The number of benzene rings is 2. The molecular weight excluding hydrogens is 266 g/mol. The molecule has 0 spiro atoms. The van der Waals surface area contributed by atoms with Gasteiger partial charge in [0.15, 0.2) is 0 Å². The van der Waals surface area contributed by atoms with Crippen molar-refractivity contribution in [1.29, 1.82) is 0 Å². The van der Waals surface area contributed by atoms with Crippen LogP contribution in [0.2, 0.25) is 0 Å². The first-order valence-corrected chi connectivity index (χ1v) is 6.91. The molecule has 1 heterocycles. The van der Waals surface area contributed by atoms with Crippen LogP contribution in [-0.2, 0) is 6.42 Å². The summed E-state index contributed by atoms with van der Waals surface area (Å²) in [5.41, 5.74) is 2.68. The molecule has 2 aromatic carbocycles. The smallest absolute Gasteiger partial charge is 0.262 e. The van der Waals surface area contributed by atoms with E-state index in [-0.39, 0.29) is 11.8 Å². The van der Waals surface area contributed by atoms with Gasteiger partial charge in [-0.3, -0.25) is 14.5 Å². The van der Waals surface area contributed by atoms with E-state index >= 15 is 0 Å². The molecule has 0 bridgehead atoms. The molecule has 1 N–H and O–H groups in total. The van der Waals surface area contributed by atoms with Gasteiger partial charge in [-0.15, -0.1) is 0 Å². The van der Waals surface area contributed by atoms with Gasteiger partial charge in [0.1, 0.15) is 0 Å². The van der Waals surface area contributed by atoms with Gasteiger partial charge < -0.3 is 5.11 Å². The SMILES string of the molecule is O=C1c2ccccc2C(=O)N1[C@H]1c2ccccc2C[C@H]1O. The average molecular weight is 279 g/mol. The quantitative estimate of drug-likeness (QED) is 0.812. The maximum atomic E-state index is 12.5. The fourth-order valence-electron chi connectivity index (χ4n) is 3.32. The van der Waals surface area contributed by atoms with Gasteiger partial charge in [-0.2, -0.15) is 0 Å². The van der Waals surface area contributed by atoms with Crippen molar-refractivity contribution in [3.63, 3.8) is 0 Å². The highest BCUT2D eigenvalue weighted by molar-refractivity contribution is 6.21. The molecule has 4 heteroatoms. The van der Waals surface area contributed by atoms with E-state index in [0.29, 0.717) is 17.5 Å². The second-order valence-corrected chi connectivity index (χ2v) is 5.44. The van der Waals surface area contributed by atoms with Crippen LogP contribution >= 0.6 is 0 Å². The average Bonchev–Trinajstić information content (AvgIpc) is 2.95. The number of aliphatic hydroxyl groups excluding tert-OH is 1. The van der Waals surface area contributed by atoms with Gasteiger partial charge in [0.05, 0.1) is 23.3 Å². The van der Waals surface area contributed by atoms with Crippen molar-refractivity contribution in [3.8, 4) is 0 Å². The first-order chi connectivity index (χ1) is 10.2. The number of amides is 2. The van der Waals surface area contributed by atoms with Crippen LogP contribution in [0, 0.1) is 0 Å². The second kappa shape index (κ2) is 4.27. The maximum Gasteiger partial charge on any atom is 0.262 e. The van der Waals surface area contributed by atoms with E-state index in [1.807, 2.05) is 24.3 Å². The summed E-state index contributed by atoms with van der Waals surface area (Å²) in [5.74, 6) is -0.646. The molecule has 2 atom stereocenters. The number of aliphatic hydroxyl groups is 1. The summed E-state index contributed by atoms with van der Waals surface area (Å²) >= 11 is 0. The molecule has 1 aliphatic carbocycles. The number of carbonyl (C=O) groups excluding carboxylic acids is 2. The monoisotopic (exact) mass is 279 g/mol. The molecule has 4 rings (SSSR count). The molecule has 1 aliphatic heterocycles. The number of hydrogen-bond donors (Lipinski definition) is 1. The van der Waals surface area contributed by atoms with Gasteiger partial charge in [0, 0.05) is 6.42 Å². The molecule has 4 nitrogen and oxygen atoms in total. The summed E-state index contributed by atoms with van der Waals surface area (Å²) in [7, 11) is 0. The molecule has 0 fully saturated rings. The Morgan fingerprint density at radius 2 is 1.48 bits per heavy atom. The maximum absolute atomic E-state index is 12.5. The number of carbonyl (C=O) groups is 2. The van der Waals surface area contributed by atoms with Crippen LogP contribution < -0.4 is 0 Å². The highest BCUT2D eigenvalue weighted by atomic mass is 16.3. The standard InChI is InChI=1S/C17H13NO3/c19-14-9-10-5-1-2-6-11(10)15(14)18-16(20)12-7-3-4-8-13(12)17(18)21/h1-8,14-15,19H,9H2/t14-,15+/m1/s1. The predicted molar refractivity (Wildman–Crippen MR) is 75.8 cm³/mol. The van der Waals surface area contributed by atoms with E-state index in [1.54, 1.807) is 24.3 Å². The third-order valence-electron chi connectivity index (χ3n) is 4.27. The van der Waals surface area contributed by atoms with Gasteiger partial charge >= 0.3 is 0 Å². The number of fused-ring (bicyclic) bond motifs is 2. The first kappa shape index (κ1) is 12.3. The molecule has 0 saturated carbocycles. The minimum Gasteiger partial charge on any atom is -0.390 e. The van der Waals surface area contributed by atoms with E-state index in [0.717, 1.165) is 11.1 Å². The molecule has 0 aromatic heterocycles. The summed E-state index contributed by atoms with van der Waals surface area (Å²) in [6.07, 6.45) is -0.279. The molecule has 2 aromatic rings. The Kier molecular flexibility index (Phi) is 2.50. The van der Waals surface area contributed by atoms with Gasteiger partial charge in [-0.05, 0) is 23.3 Å². The lowest BCUT2D eigenvalue weighted by Gasteiger charge is -2.25. The van der Waals surface area contributed by atoms with Gasteiger partial charge in [0.2, 0.25) is 0 Å². The van der Waals surface area contributed by atoms with Crippen molar-refractivity contribution < 1.29 is 14.7 Å². The fourth-order valence-corrected chi connectivity index (χ4v) is 3.32. The minimum absolute atomic E-state index is 0.323. The van der Waals surface area contributed by atoms with Crippen LogP contribution in [0.25, 0.3) is 0 Å². The number of hydrogen-bond acceptors (Lipinski definition) is 3. The first-order valence-electron chi connectivity index (χ1n) is 6.91. The molecule has 0 saturated heterocycles. The highest BCUT2D eigenvalue weighted by Gasteiger charge is 2.45. The zero-order valence-corrected chi connectivity index (χ0v) is 11.2. The van der Waals surface area contributed by atoms with Crippen molar-refractivity contribution in [1.82, 2.24) is 4.90 Å². The van der Waals surface area contributed by atoms with E-state index in [4.69, 9.17) is 0 Å². The summed E-state index contributed by atoms with van der Waals surface area (Å²) < 4.78 is 0. The normalized spacial score (nSPS) is 23.4. The number of nitrogens with zero attached hydrogens (tertiary/aromatic N) is 1. The van der Waals surface area contributed by atoms with E-state index in [1.165, 1.54) is 4.90 Å². The Morgan fingerprint density at radius 3 is 2.14 bits per heavy atom. The molecule has 2 amide bonds. The largest absolute Gasteiger partial charge is 0.390 e. The highest BCUT2D eigenvalue weighted by Crippen LogP contribution is 2.40. The van der Waals surface area contributed by atoms with E-state index in [2.05, 4.69) is 0 Å². The zero-order valence-electron chi connectivity index (χ0n) is 11.2. The summed E-state index contributed by atoms with van der Waals surface area (Å²) in [6, 6.07) is 13.8. The van der Waals surface area contributed by atoms with Crippen LogP contribution in [0.1, 0.15) is 37.9 Å². The van der Waals surface area contributed by atoms with Crippen LogP contribution in [0.5, 0.6) is 0 Å². The molecule has 2 aliphatic rings. The second-order valence-electron chi connectivity index (χ2n) is 5.44. The van der Waals surface area contributed by atoms with Gasteiger partial charge in [0.25, 0.3) is 11.8 Å². The van der Waals surface area contributed by atoms with Crippen LogP contribution in [0.15, 0.2) is 48.5 Å². The number of rotatable bonds is 1. The lowest BCUT2D eigenvalue weighted by Crippen LogP contribution is -2.38. The topological polar surface area (TPSA) is 57.6 Å². The molecule has 0 unspecified atom stereocenters. The third-order valence-corrected chi connectivity index (χ3v) is 4.27. The molecule has 104 valence electrons. The van der Waals surface area contributed by atoms with Crippen molar-refractivity contribution in [2.45, 2.75) is 18.6 Å². The summed E-state index contributed by atoms with van der Waals surface area (Å²) in [6.45, 7) is 0. The zero-order chi connectivity index (χ0) is 14.6. The Labute approximate surface area is 121 Å². The lowest BCUT2D eigenvalue weighted by atomic mass is 10.1. The van der Waals surface area contributed by atoms with Crippen molar-refractivity contribution in [2.24, 2.45) is 0 Å². The minimum atomic E-state index is -0.746. The van der Waals surface area contributed by atoms with Crippen LogP contribution in [0.4, 0.5) is 0 Å². The van der Waals surface area contributed by atoms with Gasteiger partial charge in [-0.1, -0.05) is 36.4 Å². The Bertz CT molecular complexity index is 733. The van der Waals surface area contributed by atoms with Gasteiger partial charge in [-0.25, -0.2) is 0 Å². The van der Waals surface area contributed by atoms with Crippen LogP contribution in [-0.4, -0.2) is 27.9 Å². The molecular formula is C17H13NO3. The van der Waals surface area contributed by atoms with Crippen molar-refractivity contribution in [2.75, 3.05) is 0 Å². The van der Waals surface area contributed by atoms with E-state index in [9.17, 15) is 14.7 Å². The molecule has 21 heavy (non-hydrogen) atoms. The van der Waals surface area contributed by atoms with Crippen molar-refractivity contribution >= 4 is 11.8 Å². The number of imide groups is 1. The predicted octanol–water partition coefficient (Wildman–Crippen LogP) is 1.94.